The number of nitrogens with zero attached hydrogens (tertiary/aromatic N) is 1. The smallest absolute Gasteiger partial charge is 0.255 e. The minimum Gasteiger partial charge on any atom is -0.486 e. The molecule has 0 spiro atoms. The van der Waals surface area contributed by atoms with Crippen molar-refractivity contribution in [2.45, 2.75) is 19.2 Å². The summed E-state index contributed by atoms with van der Waals surface area (Å²) in [4.78, 5) is 12.9. The molecule has 0 aliphatic carbocycles. The van der Waals surface area contributed by atoms with E-state index in [1.807, 2.05) is 24.3 Å². The highest BCUT2D eigenvalue weighted by Gasteiger charge is 2.20. The molecule has 2 aromatic carbocycles. The van der Waals surface area contributed by atoms with Crippen LogP contribution in [0.4, 0.5) is 4.39 Å². The minimum atomic E-state index is -0.411. The topological polar surface area (TPSA) is 52.5 Å². The Morgan fingerprint density at radius 1 is 1.24 bits per heavy atom. The van der Waals surface area contributed by atoms with E-state index < -0.39 is 5.82 Å². The summed E-state index contributed by atoms with van der Waals surface area (Å²) < 4.78 is 26.8. The fraction of sp³-hybridized carbons (Fsp3) is 0.227. The summed E-state index contributed by atoms with van der Waals surface area (Å²) >= 11 is 5.93. The highest BCUT2D eigenvalue weighted by molar-refractivity contribution is 6.29. The number of halogens is 2. The Kier molecular flexibility index (Phi) is 5.56. The van der Waals surface area contributed by atoms with Crippen LogP contribution in [0.2, 0.25) is 0 Å². The molecule has 1 N–H and O–H groups in total. The van der Waals surface area contributed by atoms with Gasteiger partial charge in [0.05, 0.1) is 12.1 Å². The molecule has 0 fully saturated rings. The summed E-state index contributed by atoms with van der Waals surface area (Å²) in [6.45, 7) is 5.05. The van der Waals surface area contributed by atoms with Crippen molar-refractivity contribution < 1.29 is 13.9 Å². The highest BCUT2D eigenvalue weighted by atomic mass is 35.5. The number of hydrogen-bond acceptors (Lipinski definition) is 4. The van der Waals surface area contributed by atoms with Crippen molar-refractivity contribution in [3.63, 3.8) is 0 Å². The first kappa shape index (κ1) is 19.5. The number of benzene rings is 2. The Labute approximate surface area is 172 Å². The Bertz CT molecular complexity index is 1130. The van der Waals surface area contributed by atoms with E-state index in [2.05, 4.69) is 11.9 Å². The number of rotatable bonds is 6. The molecule has 1 aromatic heterocycles. The van der Waals surface area contributed by atoms with Gasteiger partial charge < -0.3 is 19.4 Å². The Balaban J connectivity index is 1.51. The third-order valence-corrected chi connectivity index (χ3v) is 4.84. The predicted molar refractivity (Wildman–Crippen MR) is 111 cm³/mol. The summed E-state index contributed by atoms with van der Waals surface area (Å²) in [6, 6.07) is 13.6. The first-order chi connectivity index (χ1) is 14.0. The number of hydrogen-bond donors (Lipinski definition) is 1. The molecule has 4 rings (SSSR count). The number of ether oxygens (including phenoxy) is 2. The van der Waals surface area contributed by atoms with Gasteiger partial charge in [0, 0.05) is 23.7 Å². The maximum atomic E-state index is 13.7. The lowest BCUT2D eigenvalue weighted by Gasteiger charge is -2.26. The molecule has 29 heavy (non-hydrogen) atoms. The van der Waals surface area contributed by atoms with Crippen molar-refractivity contribution in [2.24, 2.45) is 0 Å². The van der Waals surface area contributed by atoms with Crippen LogP contribution in [0.3, 0.4) is 0 Å². The molecule has 5 nitrogen and oxygen atoms in total. The quantitative estimate of drug-likeness (QED) is 0.666. The van der Waals surface area contributed by atoms with E-state index in [0.717, 1.165) is 11.1 Å². The van der Waals surface area contributed by atoms with Crippen LogP contribution in [0, 0.1) is 5.82 Å². The molecule has 1 aliphatic rings. The maximum absolute atomic E-state index is 13.7. The molecule has 1 atom stereocenters. The summed E-state index contributed by atoms with van der Waals surface area (Å²) in [5.74, 6) is 1.03. The summed E-state index contributed by atoms with van der Waals surface area (Å²) in [7, 11) is 0. The van der Waals surface area contributed by atoms with E-state index in [-0.39, 0.29) is 18.2 Å². The van der Waals surface area contributed by atoms with Crippen LogP contribution < -0.4 is 20.3 Å². The monoisotopic (exact) mass is 414 g/mol. The third-order valence-electron chi connectivity index (χ3n) is 4.72. The van der Waals surface area contributed by atoms with E-state index in [0.29, 0.717) is 41.6 Å². The normalized spacial score (nSPS) is 15.4. The van der Waals surface area contributed by atoms with Crippen molar-refractivity contribution in [1.29, 1.82) is 0 Å². The van der Waals surface area contributed by atoms with Gasteiger partial charge in [-0.05, 0) is 41.8 Å². The molecule has 0 saturated heterocycles. The molecule has 0 radical (unpaired) electrons. The second-order valence-electron chi connectivity index (χ2n) is 6.91. The van der Waals surface area contributed by atoms with Gasteiger partial charge in [0.25, 0.3) is 5.56 Å². The van der Waals surface area contributed by atoms with Crippen LogP contribution in [-0.4, -0.2) is 23.8 Å². The average molecular weight is 415 g/mol. The molecular formula is C22H20ClFN2O3. The molecule has 3 aromatic rings. The Hall–Kier alpha value is -2.83. The fourth-order valence-corrected chi connectivity index (χ4v) is 3.51. The lowest BCUT2D eigenvalue weighted by atomic mass is 10.1. The van der Waals surface area contributed by atoms with E-state index >= 15 is 0 Å². The molecule has 1 unspecified atom stereocenters. The summed E-state index contributed by atoms with van der Waals surface area (Å²) in [5, 5.41) is 4.31. The van der Waals surface area contributed by atoms with Gasteiger partial charge in [-0.1, -0.05) is 30.3 Å². The van der Waals surface area contributed by atoms with Crippen LogP contribution >= 0.6 is 11.6 Å². The summed E-state index contributed by atoms with van der Waals surface area (Å²) in [6.07, 6.45) is -0.163. The molecular weight excluding hydrogens is 395 g/mol. The molecule has 0 bridgehead atoms. The van der Waals surface area contributed by atoms with E-state index in [1.165, 1.54) is 16.7 Å². The average Bonchev–Trinajstić information content (AvgIpc) is 2.71. The first-order valence-corrected chi connectivity index (χ1v) is 9.63. The SMILES string of the molecule is C=C(Cl)Cn1c(=O)c(CNCC2COc3ccccc3O2)cc2ccc(F)cc21. The molecule has 0 amide bonds. The maximum Gasteiger partial charge on any atom is 0.255 e. The van der Waals surface area contributed by atoms with Crippen LogP contribution in [0.5, 0.6) is 11.5 Å². The minimum absolute atomic E-state index is 0.116. The second-order valence-corrected chi connectivity index (χ2v) is 7.44. The van der Waals surface area contributed by atoms with Gasteiger partial charge in [0.2, 0.25) is 0 Å². The first-order valence-electron chi connectivity index (χ1n) is 9.26. The van der Waals surface area contributed by atoms with Crippen molar-refractivity contribution >= 4 is 22.5 Å². The van der Waals surface area contributed by atoms with Gasteiger partial charge >= 0.3 is 0 Å². The van der Waals surface area contributed by atoms with Crippen molar-refractivity contribution in [3.05, 3.63) is 81.9 Å². The Morgan fingerprint density at radius 3 is 2.83 bits per heavy atom. The standard InChI is InChI=1S/C22H20ClFN2O3/c1-14(23)12-26-19-9-17(24)7-6-15(19)8-16(22(26)27)10-25-11-18-13-28-20-4-2-3-5-21(20)29-18/h2-9,18,25H,1,10-13H2. The van der Waals surface area contributed by atoms with Crippen LogP contribution in [0.1, 0.15) is 5.56 Å². The van der Waals surface area contributed by atoms with Crippen molar-refractivity contribution in [1.82, 2.24) is 9.88 Å². The second kappa shape index (κ2) is 8.27. The Morgan fingerprint density at radius 2 is 2.03 bits per heavy atom. The molecule has 0 saturated carbocycles. The number of fused-ring (bicyclic) bond motifs is 2. The number of pyridine rings is 1. The number of allylic oxidation sites excluding steroid dienone is 1. The van der Waals surface area contributed by atoms with Crippen LogP contribution in [0.15, 0.2) is 64.9 Å². The van der Waals surface area contributed by atoms with Gasteiger partial charge in [0.1, 0.15) is 18.5 Å². The van der Waals surface area contributed by atoms with Crippen LogP contribution in [-0.2, 0) is 13.1 Å². The van der Waals surface area contributed by atoms with Crippen molar-refractivity contribution in [3.8, 4) is 11.5 Å². The van der Waals surface area contributed by atoms with Gasteiger partial charge in [-0.25, -0.2) is 4.39 Å². The predicted octanol–water partition coefficient (Wildman–Crippen LogP) is 3.82. The molecule has 7 heteroatoms. The van der Waals surface area contributed by atoms with Crippen molar-refractivity contribution in [2.75, 3.05) is 13.2 Å². The number of aromatic nitrogens is 1. The largest absolute Gasteiger partial charge is 0.486 e. The number of para-hydroxylation sites is 2. The molecule has 2 heterocycles. The highest BCUT2D eigenvalue weighted by Crippen LogP contribution is 2.30. The zero-order chi connectivity index (χ0) is 20.4. The number of nitrogens with one attached hydrogen (secondary N) is 1. The lowest BCUT2D eigenvalue weighted by molar-refractivity contribution is 0.0902. The van der Waals surface area contributed by atoms with Gasteiger partial charge in [-0.2, -0.15) is 0 Å². The molecule has 150 valence electrons. The molecule has 1 aliphatic heterocycles. The van der Waals surface area contributed by atoms with Gasteiger partial charge in [-0.3, -0.25) is 4.79 Å². The third kappa shape index (κ3) is 4.28. The zero-order valence-electron chi connectivity index (χ0n) is 15.7. The van der Waals surface area contributed by atoms with Gasteiger partial charge in [-0.15, -0.1) is 0 Å². The van der Waals surface area contributed by atoms with E-state index in [4.69, 9.17) is 21.1 Å². The van der Waals surface area contributed by atoms with Gasteiger partial charge in [0.15, 0.2) is 11.5 Å². The lowest BCUT2D eigenvalue weighted by Crippen LogP contribution is -2.39. The fourth-order valence-electron chi connectivity index (χ4n) is 3.39. The van der Waals surface area contributed by atoms with E-state index in [1.54, 1.807) is 12.1 Å². The van der Waals surface area contributed by atoms with E-state index in [9.17, 15) is 9.18 Å². The summed E-state index contributed by atoms with van der Waals surface area (Å²) in [5.41, 5.74) is 0.809. The van der Waals surface area contributed by atoms with Crippen LogP contribution in [0.25, 0.3) is 10.9 Å². The zero-order valence-corrected chi connectivity index (χ0v) is 16.4.